The van der Waals surface area contributed by atoms with Gasteiger partial charge in [-0.2, -0.15) is 0 Å². The first-order chi connectivity index (χ1) is 14.4. The van der Waals surface area contributed by atoms with E-state index in [2.05, 4.69) is 0 Å². The molecule has 20 heavy (non-hydrogen) atoms. The Morgan fingerprint density at radius 2 is 1.55 bits per heavy atom. The molecule has 3 aromatic carbocycles. The van der Waals surface area contributed by atoms with Crippen LogP contribution in [0.5, 0.6) is 0 Å². The normalized spacial score (nSPS) is 18.9. The SMILES string of the molecule is [2H]c1c([2H])c([2H])c(-c2c(C)c([2H])c3c(sc4c([2H])c([2H])c([2H])c([2H])c43)c2[2H])c([2H])c1[2H]. The van der Waals surface area contributed by atoms with E-state index in [1.54, 1.807) is 0 Å². The van der Waals surface area contributed by atoms with Crippen molar-refractivity contribution < 1.29 is 15.1 Å². The van der Waals surface area contributed by atoms with Crippen LogP contribution in [0.25, 0.3) is 31.3 Å². The molecule has 0 fully saturated rings. The minimum atomic E-state index is -0.555. The standard InChI is InChI=1S/C19H14S/c1-13-11-17-15-9-5-6-10-18(15)20-19(17)12-16(13)14-7-3-2-4-8-14/h2-12H,1H3/i2D,3D,4D,5D,6D,7D,8D,9D,10D,11D,12D. The second-order valence-corrected chi connectivity index (χ2v) is 5.28. The molecule has 0 aliphatic carbocycles. The Morgan fingerprint density at radius 3 is 2.40 bits per heavy atom. The van der Waals surface area contributed by atoms with Crippen LogP contribution in [0.15, 0.2) is 66.5 Å². The lowest BCUT2D eigenvalue weighted by Crippen LogP contribution is -1.82. The van der Waals surface area contributed by atoms with Gasteiger partial charge in [0.25, 0.3) is 0 Å². The molecular weight excluding hydrogens is 260 g/mol. The number of benzene rings is 3. The van der Waals surface area contributed by atoms with E-state index in [1.807, 2.05) is 0 Å². The molecule has 0 saturated carbocycles. The van der Waals surface area contributed by atoms with Crippen molar-refractivity contribution in [2.75, 3.05) is 0 Å². The molecule has 1 heteroatoms. The monoisotopic (exact) mass is 285 g/mol. The zero-order chi connectivity index (χ0) is 23.1. The van der Waals surface area contributed by atoms with E-state index < -0.39 is 42.3 Å². The van der Waals surface area contributed by atoms with Gasteiger partial charge in [0, 0.05) is 20.2 Å². The first-order valence-corrected chi connectivity index (χ1v) is 6.72. The highest BCUT2D eigenvalue weighted by atomic mass is 32.1. The molecule has 0 N–H and O–H groups in total. The summed E-state index contributed by atoms with van der Waals surface area (Å²) in [6, 6.07) is -4.30. The zero-order valence-electron chi connectivity index (χ0n) is 21.4. The average molecular weight is 285 g/mol. The molecule has 1 heterocycles. The topological polar surface area (TPSA) is 0 Å². The highest BCUT2D eigenvalue weighted by Gasteiger charge is 2.08. The molecule has 0 amide bonds. The Bertz CT molecular complexity index is 1420. The van der Waals surface area contributed by atoms with Crippen molar-refractivity contribution in [3.8, 4) is 11.1 Å². The molecule has 1 aromatic heterocycles. The van der Waals surface area contributed by atoms with Crippen molar-refractivity contribution in [2.24, 2.45) is 0 Å². The maximum atomic E-state index is 8.76. The minimum absolute atomic E-state index is 0.0244. The highest BCUT2D eigenvalue weighted by molar-refractivity contribution is 7.25. The minimum Gasteiger partial charge on any atom is -0.135 e. The van der Waals surface area contributed by atoms with Crippen LogP contribution in [0.2, 0.25) is 0 Å². The molecule has 0 nitrogen and oxygen atoms in total. The molecule has 0 saturated heterocycles. The summed E-state index contributed by atoms with van der Waals surface area (Å²) in [6.45, 7) is 1.51. The molecule has 0 unspecified atom stereocenters. The van der Waals surface area contributed by atoms with E-state index in [9.17, 15) is 0 Å². The first-order valence-electron chi connectivity index (χ1n) is 11.4. The van der Waals surface area contributed by atoms with Crippen molar-refractivity contribution >= 4 is 31.5 Å². The summed E-state index contributed by atoms with van der Waals surface area (Å²) in [7, 11) is 0. The molecule has 4 aromatic rings. The second-order valence-electron chi connectivity index (χ2n) is 4.26. The molecule has 0 atom stereocenters. The lowest BCUT2D eigenvalue weighted by atomic mass is 9.98. The van der Waals surface area contributed by atoms with Crippen LogP contribution < -0.4 is 0 Å². The Balaban J connectivity index is 2.27. The van der Waals surface area contributed by atoms with Crippen LogP contribution in [0.4, 0.5) is 0 Å². The number of rotatable bonds is 1. The van der Waals surface area contributed by atoms with Gasteiger partial charge in [0.15, 0.2) is 0 Å². The summed E-state index contributed by atoms with van der Waals surface area (Å²) in [5.41, 5.74) is 0.0420. The van der Waals surface area contributed by atoms with E-state index in [0.29, 0.717) is 0 Å². The van der Waals surface area contributed by atoms with Crippen molar-refractivity contribution in [1.82, 2.24) is 0 Å². The molecule has 96 valence electrons. The summed E-state index contributed by atoms with van der Waals surface area (Å²) in [5.74, 6) is 0. The lowest BCUT2D eigenvalue weighted by molar-refractivity contribution is 1.49. The van der Waals surface area contributed by atoms with Gasteiger partial charge in [-0.05, 0) is 41.7 Å². The second kappa shape index (κ2) is 4.46. The summed E-state index contributed by atoms with van der Waals surface area (Å²) in [6.07, 6.45) is 0. The fourth-order valence-electron chi connectivity index (χ4n) is 2.11. The third-order valence-electron chi connectivity index (χ3n) is 3.01. The van der Waals surface area contributed by atoms with Crippen molar-refractivity contribution in [3.63, 3.8) is 0 Å². The molecule has 4 rings (SSSR count). The molecule has 0 bridgehead atoms. The van der Waals surface area contributed by atoms with Crippen LogP contribution in [0.1, 0.15) is 20.6 Å². The van der Waals surface area contributed by atoms with Gasteiger partial charge in [-0.1, -0.05) is 48.3 Å². The lowest BCUT2D eigenvalue weighted by Gasteiger charge is -2.06. The van der Waals surface area contributed by atoms with Gasteiger partial charge in [0.05, 0.1) is 15.1 Å². The zero-order valence-corrected chi connectivity index (χ0v) is 11.2. The largest absolute Gasteiger partial charge is 0.135 e. The predicted octanol–water partition coefficient (Wildman–Crippen LogP) is 6.03. The molecule has 0 spiro atoms. The van der Waals surface area contributed by atoms with Crippen LogP contribution in [-0.4, -0.2) is 0 Å². The Morgan fingerprint density at radius 1 is 0.800 bits per heavy atom. The van der Waals surface area contributed by atoms with Crippen LogP contribution in [-0.2, 0) is 0 Å². The van der Waals surface area contributed by atoms with E-state index in [4.69, 9.17) is 15.1 Å². The van der Waals surface area contributed by atoms with Crippen molar-refractivity contribution in [3.05, 3.63) is 72.0 Å². The van der Waals surface area contributed by atoms with E-state index in [1.165, 1.54) is 6.92 Å². The van der Waals surface area contributed by atoms with Crippen molar-refractivity contribution in [1.29, 1.82) is 0 Å². The third-order valence-corrected chi connectivity index (χ3v) is 4.03. The number of fused-ring (bicyclic) bond motifs is 3. The molecular formula is C19H14S. The Labute approximate surface area is 137 Å². The van der Waals surface area contributed by atoms with E-state index in [-0.39, 0.29) is 61.0 Å². The van der Waals surface area contributed by atoms with Gasteiger partial charge in [-0.3, -0.25) is 0 Å². The first kappa shape index (κ1) is 5.01. The van der Waals surface area contributed by atoms with E-state index in [0.717, 1.165) is 11.3 Å². The third kappa shape index (κ3) is 1.75. The molecule has 0 radical (unpaired) electrons. The average Bonchev–Trinajstić information content (AvgIpc) is 3.15. The summed E-state index contributed by atoms with van der Waals surface area (Å²) in [4.78, 5) is 0. The van der Waals surface area contributed by atoms with E-state index >= 15 is 0 Å². The summed E-state index contributed by atoms with van der Waals surface area (Å²) in [5, 5.41) is 0.353. The van der Waals surface area contributed by atoms with Gasteiger partial charge in [-0.25, -0.2) is 0 Å². The predicted molar refractivity (Wildman–Crippen MR) is 89.5 cm³/mol. The number of hydrogen-bond donors (Lipinski definition) is 0. The Kier molecular flexibility index (Phi) is 1.12. The highest BCUT2D eigenvalue weighted by Crippen LogP contribution is 2.37. The van der Waals surface area contributed by atoms with Gasteiger partial charge < -0.3 is 0 Å². The number of hydrogen-bond acceptors (Lipinski definition) is 1. The fourth-order valence-corrected chi connectivity index (χ4v) is 3.08. The van der Waals surface area contributed by atoms with Gasteiger partial charge in [0.1, 0.15) is 0 Å². The number of thiophene rings is 1. The van der Waals surface area contributed by atoms with Gasteiger partial charge in [-0.15, -0.1) is 11.3 Å². The molecule has 0 aliphatic rings. The Hall–Kier alpha value is -2.12. The quantitative estimate of drug-likeness (QED) is 0.400. The van der Waals surface area contributed by atoms with Crippen molar-refractivity contribution in [2.45, 2.75) is 6.92 Å². The van der Waals surface area contributed by atoms with Gasteiger partial charge in [0.2, 0.25) is 0 Å². The summed E-state index contributed by atoms with van der Waals surface area (Å²) >= 11 is 0.935. The van der Waals surface area contributed by atoms with Crippen LogP contribution in [0, 0.1) is 6.92 Å². The fraction of sp³-hybridized carbons (Fsp3) is 0.0526. The van der Waals surface area contributed by atoms with Gasteiger partial charge >= 0.3 is 0 Å². The smallest absolute Gasteiger partial charge is 0.0645 e. The maximum absolute atomic E-state index is 8.76. The van der Waals surface area contributed by atoms with Crippen LogP contribution in [0.3, 0.4) is 0 Å². The maximum Gasteiger partial charge on any atom is 0.0645 e. The molecule has 0 aliphatic heterocycles. The summed E-state index contributed by atoms with van der Waals surface area (Å²) < 4.78 is 90.3. The van der Waals surface area contributed by atoms with Crippen LogP contribution >= 0.6 is 11.3 Å².